The van der Waals surface area contributed by atoms with E-state index >= 15 is 0 Å². The molecule has 2 aromatic carbocycles. The lowest BCUT2D eigenvalue weighted by Gasteiger charge is -2.30. The molecule has 0 saturated carbocycles. The largest absolute Gasteiger partial charge is 0.494 e. The van der Waals surface area contributed by atoms with Crippen LogP contribution in [0, 0.1) is 5.82 Å². The molecule has 0 aliphatic rings. The Balaban J connectivity index is 2.11. The molecule has 1 amide bonds. The summed E-state index contributed by atoms with van der Waals surface area (Å²) in [5, 5.41) is 12.4. The molecule has 0 aliphatic heterocycles. The van der Waals surface area contributed by atoms with Crippen molar-refractivity contribution in [2.24, 2.45) is 0 Å². The fraction of sp³-hybridized carbons (Fsp3) is 0.300. The maximum atomic E-state index is 13.7. The van der Waals surface area contributed by atoms with Gasteiger partial charge in [0.2, 0.25) is 5.91 Å². The first-order valence-electron chi connectivity index (χ1n) is 8.35. The van der Waals surface area contributed by atoms with Crippen LogP contribution in [0.25, 0.3) is 0 Å². The molecular weight excluding hydrogens is 337 g/mol. The third kappa shape index (κ3) is 4.20. The second-order valence-electron chi connectivity index (χ2n) is 5.95. The first kappa shape index (κ1) is 19.4. The number of carboxylic acids is 1. The van der Waals surface area contributed by atoms with Gasteiger partial charge in [-0.15, -0.1) is 0 Å². The van der Waals surface area contributed by atoms with Gasteiger partial charge in [-0.3, -0.25) is 4.79 Å². The molecule has 5 nitrogen and oxygen atoms in total. The molecule has 6 heteroatoms. The van der Waals surface area contributed by atoms with Crippen LogP contribution in [0.5, 0.6) is 5.75 Å². The normalized spacial score (nSPS) is 12.9. The fourth-order valence-corrected chi connectivity index (χ4v) is 2.84. The Morgan fingerprint density at radius 1 is 1.19 bits per heavy atom. The van der Waals surface area contributed by atoms with Crippen molar-refractivity contribution in [1.82, 2.24) is 5.32 Å². The van der Waals surface area contributed by atoms with Crippen LogP contribution in [-0.4, -0.2) is 24.1 Å². The summed E-state index contributed by atoms with van der Waals surface area (Å²) < 4.78 is 18.6. The molecule has 0 aliphatic carbocycles. The highest BCUT2D eigenvalue weighted by Crippen LogP contribution is 2.26. The summed E-state index contributed by atoms with van der Waals surface area (Å²) in [6.45, 7) is 1.71. The highest BCUT2D eigenvalue weighted by Gasteiger charge is 2.39. The number of hydrogen-bond acceptors (Lipinski definition) is 3. The van der Waals surface area contributed by atoms with Crippen molar-refractivity contribution < 1.29 is 23.8 Å². The van der Waals surface area contributed by atoms with Gasteiger partial charge in [-0.25, -0.2) is 9.18 Å². The molecule has 2 N–H and O–H groups in total. The SMILES string of the molecule is CCC(NC(=O)CCc1ccc(OC)c(F)c1)(C(=O)O)c1ccccc1. The predicted molar refractivity (Wildman–Crippen MR) is 95.5 cm³/mol. The number of aryl methyl sites for hydroxylation is 1. The molecule has 26 heavy (non-hydrogen) atoms. The first-order valence-corrected chi connectivity index (χ1v) is 8.35. The number of ether oxygens (including phenoxy) is 1. The van der Waals surface area contributed by atoms with Crippen molar-refractivity contribution in [2.75, 3.05) is 7.11 Å². The standard InChI is InChI=1S/C20H22FNO4/c1-3-20(19(24)25,15-7-5-4-6-8-15)22-18(23)12-10-14-9-11-17(26-2)16(21)13-14/h4-9,11,13H,3,10,12H2,1-2H3,(H,22,23)(H,24,25). The Bertz CT molecular complexity index is 779. The number of carbonyl (C=O) groups excluding carboxylic acids is 1. The molecule has 0 fully saturated rings. The predicted octanol–water partition coefficient (Wildman–Crippen LogP) is 3.27. The summed E-state index contributed by atoms with van der Waals surface area (Å²) in [5.74, 6) is -1.88. The second kappa shape index (κ2) is 8.47. The molecular formula is C20H22FNO4. The van der Waals surface area contributed by atoms with Crippen molar-refractivity contribution in [3.05, 3.63) is 65.5 Å². The smallest absolute Gasteiger partial charge is 0.334 e. The van der Waals surface area contributed by atoms with Crippen molar-refractivity contribution in [1.29, 1.82) is 0 Å². The second-order valence-corrected chi connectivity index (χ2v) is 5.95. The maximum Gasteiger partial charge on any atom is 0.334 e. The number of amides is 1. The number of nitrogens with one attached hydrogen (secondary N) is 1. The van der Waals surface area contributed by atoms with E-state index in [0.29, 0.717) is 17.5 Å². The molecule has 1 atom stereocenters. The molecule has 0 aromatic heterocycles. The number of benzene rings is 2. The summed E-state index contributed by atoms with van der Waals surface area (Å²) in [6, 6.07) is 13.1. The lowest BCUT2D eigenvalue weighted by molar-refractivity contribution is -0.148. The molecule has 1 unspecified atom stereocenters. The minimum absolute atomic E-state index is 0.0492. The van der Waals surface area contributed by atoms with Crippen LogP contribution >= 0.6 is 0 Å². The minimum atomic E-state index is -1.48. The Morgan fingerprint density at radius 2 is 1.88 bits per heavy atom. The zero-order chi connectivity index (χ0) is 19.2. The van der Waals surface area contributed by atoms with Gasteiger partial charge in [0.25, 0.3) is 0 Å². The summed E-state index contributed by atoms with van der Waals surface area (Å²) in [5.41, 5.74) is -0.335. The van der Waals surface area contributed by atoms with E-state index < -0.39 is 23.2 Å². The van der Waals surface area contributed by atoms with Crippen LogP contribution < -0.4 is 10.1 Å². The van der Waals surface area contributed by atoms with Gasteiger partial charge in [-0.2, -0.15) is 0 Å². The highest BCUT2D eigenvalue weighted by atomic mass is 19.1. The molecule has 0 heterocycles. The number of carboxylic acid groups (broad SMARTS) is 1. The van der Waals surface area contributed by atoms with Gasteiger partial charge in [-0.05, 0) is 36.1 Å². The van der Waals surface area contributed by atoms with Crippen LogP contribution in [0.2, 0.25) is 0 Å². The summed E-state index contributed by atoms with van der Waals surface area (Å²) in [7, 11) is 1.38. The maximum absolute atomic E-state index is 13.7. The number of aliphatic carboxylic acids is 1. The summed E-state index contributed by atoms with van der Waals surface area (Å²) in [6.07, 6.45) is 0.545. The van der Waals surface area contributed by atoms with Crippen molar-refractivity contribution in [2.45, 2.75) is 31.7 Å². The zero-order valence-electron chi connectivity index (χ0n) is 14.8. The van der Waals surface area contributed by atoms with Crippen LogP contribution in [0.15, 0.2) is 48.5 Å². The Morgan fingerprint density at radius 3 is 2.42 bits per heavy atom. The average Bonchev–Trinajstić information content (AvgIpc) is 2.65. The monoisotopic (exact) mass is 359 g/mol. The van der Waals surface area contributed by atoms with Crippen molar-refractivity contribution in [3.8, 4) is 5.75 Å². The third-order valence-corrected chi connectivity index (χ3v) is 4.37. The van der Waals surface area contributed by atoms with E-state index in [1.165, 1.54) is 19.2 Å². The molecule has 0 spiro atoms. The van der Waals surface area contributed by atoms with E-state index in [0.717, 1.165) is 0 Å². The molecule has 0 saturated heterocycles. The van der Waals surface area contributed by atoms with E-state index in [-0.39, 0.29) is 18.6 Å². The molecule has 0 bridgehead atoms. The van der Waals surface area contributed by atoms with Gasteiger partial charge in [0, 0.05) is 6.42 Å². The molecule has 138 valence electrons. The van der Waals surface area contributed by atoms with Gasteiger partial charge in [0.15, 0.2) is 17.1 Å². The fourth-order valence-electron chi connectivity index (χ4n) is 2.84. The Kier molecular flexibility index (Phi) is 6.33. The Hall–Kier alpha value is -2.89. The van der Waals surface area contributed by atoms with E-state index in [2.05, 4.69) is 5.32 Å². The highest BCUT2D eigenvalue weighted by molar-refractivity contribution is 5.88. The van der Waals surface area contributed by atoms with Crippen LogP contribution in [0.4, 0.5) is 4.39 Å². The van der Waals surface area contributed by atoms with Crippen molar-refractivity contribution >= 4 is 11.9 Å². The third-order valence-electron chi connectivity index (χ3n) is 4.37. The van der Waals surface area contributed by atoms with Gasteiger partial charge < -0.3 is 15.2 Å². The van der Waals surface area contributed by atoms with Crippen molar-refractivity contribution in [3.63, 3.8) is 0 Å². The number of carbonyl (C=O) groups is 2. The van der Waals surface area contributed by atoms with Crippen LogP contribution in [0.3, 0.4) is 0 Å². The quantitative estimate of drug-likeness (QED) is 0.758. The molecule has 2 rings (SSSR count). The van der Waals surface area contributed by atoms with Crippen LogP contribution in [-0.2, 0) is 21.5 Å². The van der Waals surface area contributed by atoms with E-state index in [4.69, 9.17) is 4.74 Å². The number of rotatable bonds is 8. The number of methoxy groups -OCH3 is 1. The van der Waals surface area contributed by atoms with Gasteiger partial charge in [-0.1, -0.05) is 43.3 Å². The van der Waals surface area contributed by atoms with Gasteiger partial charge >= 0.3 is 5.97 Å². The Labute approximate surface area is 151 Å². The van der Waals surface area contributed by atoms with E-state index in [1.54, 1.807) is 43.3 Å². The van der Waals surface area contributed by atoms with Gasteiger partial charge in [0.1, 0.15) is 0 Å². The topological polar surface area (TPSA) is 75.6 Å². The summed E-state index contributed by atoms with van der Waals surface area (Å²) >= 11 is 0. The van der Waals surface area contributed by atoms with Gasteiger partial charge in [0.05, 0.1) is 7.11 Å². The average molecular weight is 359 g/mol. The molecule has 2 aromatic rings. The van der Waals surface area contributed by atoms with E-state index in [1.807, 2.05) is 0 Å². The lowest BCUT2D eigenvalue weighted by Crippen LogP contribution is -2.51. The zero-order valence-corrected chi connectivity index (χ0v) is 14.8. The number of hydrogen-bond donors (Lipinski definition) is 2. The lowest BCUT2D eigenvalue weighted by atomic mass is 9.87. The molecule has 0 radical (unpaired) electrons. The first-order chi connectivity index (χ1) is 12.4. The number of halogens is 1. The van der Waals surface area contributed by atoms with E-state index in [9.17, 15) is 19.1 Å². The minimum Gasteiger partial charge on any atom is -0.494 e. The summed E-state index contributed by atoms with van der Waals surface area (Å²) in [4.78, 5) is 24.3. The van der Waals surface area contributed by atoms with Crippen LogP contribution in [0.1, 0.15) is 30.9 Å².